The van der Waals surface area contributed by atoms with Crippen molar-refractivity contribution in [2.24, 2.45) is 11.3 Å². The van der Waals surface area contributed by atoms with E-state index in [9.17, 15) is 9.59 Å². The number of hydrogen-bond donors (Lipinski definition) is 0. The van der Waals surface area contributed by atoms with Gasteiger partial charge in [0.25, 0.3) is 0 Å². The summed E-state index contributed by atoms with van der Waals surface area (Å²) in [5.74, 6) is -0.393. The molecule has 2 saturated heterocycles. The van der Waals surface area contributed by atoms with E-state index in [0.29, 0.717) is 6.04 Å². The van der Waals surface area contributed by atoms with Gasteiger partial charge >= 0.3 is 5.97 Å². The lowest BCUT2D eigenvalue weighted by molar-refractivity contribution is -0.154. The first-order chi connectivity index (χ1) is 13.5. The second kappa shape index (κ2) is 6.06. The van der Waals surface area contributed by atoms with Crippen LogP contribution in [0.25, 0.3) is 0 Å². The number of fused-ring (bicyclic) bond motifs is 1. The maximum absolute atomic E-state index is 13.1. The summed E-state index contributed by atoms with van der Waals surface area (Å²) in [7, 11) is 1.49. The predicted molar refractivity (Wildman–Crippen MR) is 107 cm³/mol. The lowest BCUT2D eigenvalue weighted by Gasteiger charge is -2.60. The van der Waals surface area contributed by atoms with Crippen LogP contribution in [0.15, 0.2) is 24.3 Å². The summed E-state index contributed by atoms with van der Waals surface area (Å²) >= 11 is 0. The third kappa shape index (κ3) is 2.01. The van der Waals surface area contributed by atoms with Gasteiger partial charge in [0, 0.05) is 24.1 Å². The van der Waals surface area contributed by atoms with Gasteiger partial charge in [-0.05, 0) is 62.2 Å². The van der Waals surface area contributed by atoms with Gasteiger partial charge in [-0.3, -0.25) is 14.5 Å². The first kappa shape index (κ1) is 18.2. The molecule has 150 valence electrons. The van der Waals surface area contributed by atoms with Gasteiger partial charge in [0.2, 0.25) is 5.91 Å². The molecule has 0 bridgehead atoms. The molecule has 0 unspecified atom stereocenters. The number of benzene rings is 1. The van der Waals surface area contributed by atoms with E-state index >= 15 is 0 Å². The van der Waals surface area contributed by atoms with Crippen LogP contribution in [-0.4, -0.2) is 49.1 Å². The maximum Gasteiger partial charge on any atom is 0.310 e. The summed E-state index contributed by atoms with van der Waals surface area (Å²) in [6.45, 7) is 6.11. The van der Waals surface area contributed by atoms with Crippen LogP contribution in [0.5, 0.6) is 0 Å². The van der Waals surface area contributed by atoms with Gasteiger partial charge in [-0.15, -0.1) is 0 Å². The lowest BCUT2D eigenvalue weighted by atomic mass is 9.49. The lowest BCUT2D eigenvalue weighted by Crippen LogP contribution is -2.69. The van der Waals surface area contributed by atoms with E-state index in [1.807, 2.05) is 11.0 Å². The number of amides is 1. The summed E-state index contributed by atoms with van der Waals surface area (Å²) in [5, 5.41) is 0. The van der Waals surface area contributed by atoms with Gasteiger partial charge in [0.15, 0.2) is 0 Å². The molecule has 0 aromatic heterocycles. The topological polar surface area (TPSA) is 49.9 Å². The highest BCUT2D eigenvalue weighted by molar-refractivity contribution is 5.97. The van der Waals surface area contributed by atoms with Crippen molar-refractivity contribution in [1.82, 2.24) is 4.90 Å². The van der Waals surface area contributed by atoms with Gasteiger partial charge in [0.1, 0.15) is 0 Å². The molecule has 3 heterocycles. The third-order valence-corrected chi connectivity index (χ3v) is 8.39. The van der Waals surface area contributed by atoms with E-state index in [0.717, 1.165) is 44.5 Å². The van der Waals surface area contributed by atoms with Gasteiger partial charge in [0.05, 0.1) is 19.1 Å². The molecular formula is C23H30N2O3. The molecular weight excluding hydrogens is 352 g/mol. The minimum atomic E-state index is -0.268. The van der Waals surface area contributed by atoms with Crippen molar-refractivity contribution < 1.29 is 14.3 Å². The molecule has 5 rings (SSSR count). The van der Waals surface area contributed by atoms with Gasteiger partial charge in [-0.25, -0.2) is 0 Å². The zero-order valence-corrected chi connectivity index (χ0v) is 17.1. The second-order valence-corrected chi connectivity index (χ2v) is 9.23. The van der Waals surface area contributed by atoms with Crippen LogP contribution in [0.4, 0.5) is 5.69 Å². The molecule has 4 aliphatic rings. The minimum absolute atomic E-state index is 0.0292. The summed E-state index contributed by atoms with van der Waals surface area (Å²) in [6.07, 6.45) is 5.25. The Morgan fingerprint density at radius 2 is 2.00 bits per heavy atom. The van der Waals surface area contributed by atoms with E-state index in [-0.39, 0.29) is 34.7 Å². The molecule has 3 fully saturated rings. The summed E-state index contributed by atoms with van der Waals surface area (Å²) < 4.78 is 5.31. The smallest absolute Gasteiger partial charge is 0.310 e. The normalized spacial score (nSPS) is 38.5. The SMILES string of the molecule is CC[C@@]12CCCN3CC[C@@]4(c5ccccc5N(C(C)=O)[C@H]4[C@H](C(=O)OC)C1)[C@@H]32. The number of carbonyl (C=O) groups is 2. The van der Waals surface area contributed by atoms with Gasteiger partial charge in [-0.1, -0.05) is 25.1 Å². The fraction of sp³-hybridized carbons (Fsp3) is 0.652. The predicted octanol–water partition coefficient (Wildman–Crippen LogP) is 3.12. The average molecular weight is 383 g/mol. The first-order valence-electron chi connectivity index (χ1n) is 10.7. The van der Waals surface area contributed by atoms with Crippen molar-refractivity contribution in [3.8, 4) is 0 Å². The van der Waals surface area contributed by atoms with Crippen LogP contribution in [0.3, 0.4) is 0 Å². The third-order valence-electron chi connectivity index (χ3n) is 8.39. The molecule has 0 radical (unpaired) electrons. The van der Waals surface area contributed by atoms with Crippen molar-refractivity contribution in [2.75, 3.05) is 25.1 Å². The molecule has 1 amide bonds. The molecule has 1 spiro atoms. The molecule has 1 aliphatic carbocycles. The van der Waals surface area contributed by atoms with E-state index in [1.54, 1.807) is 6.92 Å². The molecule has 5 heteroatoms. The number of hydrogen-bond acceptors (Lipinski definition) is 4. The molecule has 1 aromatic rings. The highest BCUT2D eigenvalue weighted by atomic mass is 16.5. The number of nitrogens with zero attached hydrogens (tertiary/aromatic N) is 2. The Morgan fingerprint density at radius 3 is 2.71 bits per heavy atom. The number of methoxy groups -OCH3 is 1. The van der Waals surface area contributed by atoms with Gasteiger partial charge < -0.3 is 9.64 Å². The van der Waals surface area contributed by atoms with Gasteiger partial charge in [-0.2, -0.15) is 0 Å². The molecule has 5 nitrogen and oxygen atoms in total. The Hall–Kier alpha value is -1.88. The minimum Gasteiger partial charge on any atom is -0.469 e. The van der Waals surface area contributed by atoms with Crippen LogP contribution in [0, 0.1) is 11.3 Å². The average Bonchev–Trinajstić information content (AvgIpc) is 3.25. The Bertz CT molecular complexity index is 839. The number of piperidine rings is 1. The summed E-state index contributed by atoms with van der Waals surface area (Å²) in [6, 6.07) is 8.64. The van der Waals surface area contributed by atoms with Crippen LogP contribution >= 0.6 is 0 Å². The van der Waals surface area contributed by atoms with Crippen LogP contribution in [-0.2, 0) is 19.7 Å². The second-order valence-electron chi connectivity index (χ2n) is 9.23. The molecule has 5 atom stereocenters. The summed E-state index contributed by atoms with van der Waals surface area (Å²) in [4.78, 5) is 30.5. The number of rotatable bonds is 2. The monoisotopic (exact) mass is 382 g/mol. The van der Waals surface area contributed by atoms with Crippen molar-refractivity contribution in [2.45, 2.75) is 63.5 Å². The van der Waals surface area contributed by atoms with E-state index < -0.39 is 0 Å². The zero-order chi connectivity index (χ0) is 19.7. The highest BCUT2D eigenvalue weighted by Gasteiger charge is 2.71. The molecule has 28 heavy (non-hydrogen) atoms. The fourth-order valence-corrected chi connectivity index (χ4v) is 7.62. The van der Waals surface area contributed by atoms with Crippen LogP contribution in [0.1, 0.15) is 51.5 Å². The number of ether oxygens (including phenoxy) is 1. The van der Waals surface area contributed by atoms with E-state index in [1.165, 1.54) is 19.1 Å². The highest BCUT2D eigenvalue weighted by Crippen LogP contribution is 2.66. The molecule has 1 aromatic carbocycles. The number of carbonyl (C=O) groups excluding carboxylic acids is 2. The Labute approximate surface area is 167 Å². The Morgan fingerprint density at radius 1 is 1.21 bits per heavy atom. The quantitative estimate of drug-likeness (QED) is 0.738. The van der Waals surface area contributed by atoms with Crippen molar-refractivity contribution in [3.63, 3.8) is 0 Å². The Kier molecular flexibility index (Phi) is 3.93. The number of anilines is 1. The number of para-hydroxylation sites is 1. The standard InChI is InChI=1S/C23H30N2O3/c1-4-22-10-7-12-24-13-11-23(21(22)24)17-8-5-6-9-18(17)25(15(2)26)19(23)16(14-22)20(27)28-3/h5-6,8-9,16,19,21H,4,7,10-14H2,1-3H3/t16-,19+,21+,22-,23+/m1/s1. The molecule has 3 aliphatic heterocycles. The largest absolute Gasteiger partial charge is 0.469 e. The first-order valence-corrected chi connectivity index (χ1v) is 10.7. The fourth-order valence-electron chi connectivity index (χ4n) is 7.62. The Balaban J connectivity index is 1.79. The number of esters is 1. The van der Waals surface area contributed by atoms with E-state index in [4.69, 9.17) is 4.74 Å². The van der Waals surface area contributed by atoms with Crippen molar-refractivity contribution in [1.29, 1.82) is 0 Å². The van der Waals surface area contributed by atoms with Crippen molar-refractivity contribution >= 4 is 17.6 Å². The molecule has 0 N–H and O–H groups in total. The van der Waals surface area contributed by atoms with E-state index in [2.05, 4.69) is 30.0 Å². The van der Waals surface area contributed by atoms with Crippen LogP contribution < -0.4 is 4.90 Å². The zero-order valence-electron chi connectivity index (χ0n) is 17.1. The maximum atomic E-state index is 13.1. The van der Waals surface area contributed by atoms with Crippen molar-refractivity contribution in [3.05, 3.63) is 29.8 Å². The summed E-state index contributed by atoms with van der Waals surface area (Å²) in [5.41, 5.74) is 2.23. The van der Waals surface area contributed by atoms with Crippen LogP contribution in [0.2, 0.25) is 0 Å². The molecule has 1 saturated carbocycles.